The lowest BCUT2D eigenvalue weighted by atomic mass is 10.2. The van der Waals surface area contributed by atoms with Crippen molar-refractivity contribution in [3.63, 3.8) is 0 Å². The highest BCUT2D eigenvalue weighted by atomic mass is 35.5. The molecule has 6 aromatic rings. The fourth-order valence-electron chi connectivity index (χ4n) is 4.09. The van der Waals surface area contributed by atoms with Gasteiger partial charge in [-0.15, -0.1) is 22.7 Å². The number of hydrogen-bond acceptors (Lipinski definition) is 5. The molecule has 1 N–H and O–H groups in total. The lowest BCUT2D eigenvalue weighted by Gasteiger charge is -2.06. The molecule has 0 spiro atoms. The predicted octanol–water partition coefficient (Wildman–Crippen LogP) is 7.87. The van der Waals surface area contributed by atoms with Crippen molar-refractivity contribution >= 4 is 61.0 Å². The number of nitrogens with zero attached hydrogens (tertiary/aromatic N) is 3. The summed E-state index contributed by atoms with van der Waals surface area (Å²) in [5.41, 5.74) is 7.05. The molecule has 0 aliphatic rings. The van der Waals surface area contributed by atoms with Crippen molar-refractivity contribution in [1.82, 2.24) is 14.4 Å². The number of amides is 1. The second-order valence-electron chi connectivity index (χ2n) is 8.63. The monoisotopic (exact) mass is 528 g/mol. The molecule has 0 bridgehead atoms. The van der Waals surface area contributed by atoms with Crippen molar-refractivity contribution in [2.45, 2.75) is 19.8 Å². The minimum atomic E-state index is -0.0180. The van der Waals surface area contributed by atoms with Crippen LogP contribution < -0.4 is 5.32 Å². The summed E-state index contributed by atoms with van der Waals surface area (Å²) < 4.78 is 3.25. The third-order valence-electron chi connectivity index (χ3n) is 5.99. The number of carbonyl (C=O) groups is 1. The zero-order chi connectivity index (χ0) is 24.6. The zero-order valence-electron chi connectivity index (χ0n) is 19.4. The number of halogens is 1. The number of benzene rings is 3. The number of nitrogens with one attached hydrogen (secondary N) is 1. The van der Waals surface area contributed by atoms with E-state index in [1.807, 2.05) is 54.7 Å². The van der Waals surface area contributed by atoms with Crippen molar-refractivity contribution in [1.29, 1.82) is 0 Å². The van der Waals surface area contributed by atoms with E-state index in [4.69, 9.17) is 21.6 Å². The number of anilines is 1. The topological polar surface area (TPSA) is 59.3 Å². The zero-order valence-corrected chi connectivity index (χ0v) is 21.8. The van der Waals surface area contributed by atoms with Gasteiger partial charge in [0.05, 0.1) is 15.9 Å². The second-order valence-corrected chi connectivity index (χ2v) is 10.9. The first-order valence-electron chi connectivity index (χ1n) is 11.5. The Morgan fingerprint density at radius 1 is 1.00 bits per heavy atom. The first kappa shape index (κ1) is 22.9. The fourth-order valence-corrected chi connectivity index (χ4v) is 6.19. The number of rotatable bonds is 6. The largest absolute Gasteiger partial charge is 0.326 e. The minimum absolute atomic E-state index is 0.0180. The highest BCUT2D eigenvalue weighted by Gasteiger charge is 2.12. The van der Waals surface area contributed by atoms with Crippen LogP contribution in [0.5, 0.6) is 0 Å². The average molecular weight is 529 g/mol. The van der Waals surface area contributed by atoms with Gasteiger partial charge in [0.2, 0.25) is 5.91 Å². The van der Waals surface area contributed by atoms with Crippen LogP contribution in [0, 0.1) is 6.92 Å². The molecule has 178 valence electrons. The summed E-state index contributed by atoms with van der Waals surface area (Å²) in [6.07, 6.45) is 3.04. The Hall–Kier alpha value is -3.52. The lowest BCUT2D eigenvalue weighted by Crippen LogP contribution is -2.12. The van der Waals surface area contributed by atoms with Crippen LogP contribution in [0.15, 0.2) is 78.3 Å². The Labute approximate surface area is 221 Å². The van der Waals surface area contributed by atoms with Crippen molar-refractivity contribution in [3.8, 4) is 21.8 Å². The van der Waals surface area contributed by atoms with Crippen LogP contribution in [0.4, 0.5) is 5.69 Å². The molecule has 0 aliphatic carbocycles. The van der Waals surface area contributed by atoms with E-state index in [-0.39, 0.29) is 5.91 Å². The number of aryl methyl sites for hydroxylation is 2. The maximum atomic E-state index is 12.7. The fraction of sp³-hybridized carbons (Fsp3) is 0.107. The van der Waals surface area contributed by atoms with Gasteiger partial charge in [0, 0.05) is 45.5 Å². The molecule has 0 unspecified atom stereocenters. The smallest absolute Gasteiger partial charge is 0.224 e. The van der Waals surface area contributed by atoms with Gasteiger partial charge in [-0.05, 0) is 67.4 Å². The molecule has 36 heavy (non-hydrogen) atoms. The number of fused-ring (bicyclic) bond motifs is 2. The standard InChI is InChI=1S/C28H21ClN4OS2/c1-17-2-12-23-25(14-17)36-27(31-23)19-5-9-21(10-6-19)30-26(34)13-11-22-16-35-28-32-24(15-33(22)28)18-3-7-20(29)8-4-18/h2-10,12,14-16H,11,13H2,1H3,(H,30,34). The molecular formula is C28H21ClN4OS2. The molecule has 3 aromatic carbocycles. The average Bonchev–Trinajstić information content (AvgIpc) is 3.58. The van der Waals surface area contributed by atoms with Crippen LogP contribution in [-0.4, -0.2) is 20.3 Å². The van der Waals surface area contributed by atoms with Crippen LogP contribution in [0.25, 0.3) is 37.0 Å². The van der Waals surface area contributed by atoms with Crippen molar-refractivity contribution in [3.05, 3.63) is 94.6 Å². The lowest BCUT2D eigenvalue weighted by molar-refractivity contribution is -0.116. The van der Waals surface area contributed by atoms with E-state index in [1.54, 1.807) is 22.7 Å². The van der Waals surface area contributed by atoms with E-state index in [0.29, 0.717) is 17.9 Å². The number of thiazole rings is 2. The molecule has 0 aliphatic heterocycles. The summed E-state index contributed by atoms with van der Waals surface area (Å²) in [6, 6.07) is 21.8. The normalized spacial score (nSPS) is 11.4. The van der Waals surface area contributed by atoms with Gasteiger partial charge in [0.25, 0.3) is 0 Å². The molecule has 8 heteroatoms. The summed E-state index contributed by atoms with van der Waals surface area (Å²) in [5.74, 6) is -0.0180. The molecule has 0 fully saturated rings. The number of carbonyl (C=O) groups excluding carboxylic acids is 1. The molecule has 1 amide bonds. The van der Waals surface area contributed by atoms with Gasteiger partial charge < -0.3 is 5.32 Å². The Morgan fingerprint density at radius 3 is 2.58 bits per heavy atom. The van der Waals surface area contributed by atoms with Crippen molar-refractivity contribution < 1.29 is 4.79 Å². The van der Waals surface area contributed by atoms with Gasteiger partial charge in [-0.1, -0.05) is 29.8 Å². The first-order chi connectivity index (χ1) is 17.5. The second kappa shape index (κ2) is 9.50. The maximum Gasteiger partial charge on any atom is 0.224 e. The van der Waals surface area contributed by atoms with Gasteiger partial charge in [-0.25, -0.2) is 9.97 Å². The van der Waals surface area contributed by atoms with E-state index in [0.717, 1.165) is 43.7 Å². The number of imidazole rings is 1. The van der Waals surface area contributed by atoms with Crippen LogP contribution in [0.2, 0.25) is 5.02 Å². The third-order valence-corrected chi connectivity index (χ3v) is 8.20. The molecule has 0 saturated heterocycles. The summed E-state index contributed by atoms with van der Waals surface area (Å²) in [4.78, 5) is 23.0. The van der Waals surface area contributed by atoms with Crippen molar-refractivity contribution in [2.24, 2.45) is 0 Å². The summed E-state index contributed by atoms with van der Waals surface area (Å²) in [7, 11) is 0. The van der Waals surface area contributed by atoms with Crippen LogP contribution in [-0.2, 0) is 11.2 Å². The molecule has 0 saturated carbocycles. The Balaban J connectivity index is 1.10. The van der Waals surface area contributed by atoms with Crippen molar-refractivity contribution in [2.75, 3.05) is 5.32 Å². The van der Waals surface area contributed by atoms with Gasteiger partial charge in [-0.2, -0.15) is 0 Å². The molecule has 0 radical (unpaired) electrons. The molecule has 5 nitrogen and oxygen atoms in total. The van der Waals surface area contributed by atoms with E-state index >= 15 is 0 Å². The van der Waals surface area contributed by atoms with Gasteiger partial charge in [-0.3, -0.25) is 9.20 Å². The molecule has 3 heterocycles. The Morgan fingerprint density at radius 2 is 1.78 bits per heavy atom. The SMILES string of the molecule is Cc1ccc2nc(-c3ccc(NC(=O)CCc4csc5nc(-c6ccc(Cl)cc6)cn45)cc3)sc2c1. The van der Waals surface area contributed by atoms with Gasteiger partial charge in [0.1, 0.15) is 5.01 Å². The quantitative estimate of drug-likeness (QED) is 0.239. The van der Waals surface area contributed by atoms with Crippen LogP contribution in [0.3, 0.4) is 0 Å². The Kier molecular flexibility index (Phi) is 6.05. The van der Waals surface area contributed by atoms with Crippen LogP contribution in [0.1, 0.15) is 17.7 Å². The number of aromatic nitrogens is 3. The van der Waals surface area contributed by atoms with Gasteiger partial charge in [0.15, 0.2) is 4.96 Å². The summed E-state index contributed by atoms with van der Waals surface area (Å²) in [5, 5.41) is 6.76. The molecule has 0 atom stereocenters. The summed E-state index contributed by atoms with van der Waals surface area (Å²) in [6.45, 7) is 2.09. The minimum Gasteiger partial charge on any atom is -0.326 e. The predicted molar refractivity (Wildman–Crippen MR) is 150 cm³/mol. The van der Waals surface area contributed by atoms with Crippen LogP contribution >= 0.6 is 34.3 Å². The summed E-state index contributed by atoms with van der Waals surface area (Å²) >= 11 is 9.26. The number of hydrogen-bond donors (Lipinski definition) is 1. The maximum absolute atomic E-state index is 12.7. The third kappa shape index (κ3) is 4.65. The molecule has 3 aromatic heterocycles. The van der Waals surface area contributed by atoms with E-state index < -0.39 is 0 Å². The Bertz CT molecular complexity index is 1700. The highest BCUT2D eigenvalue weighted by molar-refractivity contribution is 7.21. The van der Waals surface area contributed by atoms with E-state index in [1.165, 1.54) is 10.3 Å². The van der Waals surface area contributed by atoms with Gasteiger partial charge >= 0.3 is 0 Å². The first-order valence-corrected chi connectivity index (χ1v) is 13.6. The molecule has 6 rings (SSSR count). The highest BCUT2D eigenvalue weighted by Crippen LogP contribution is 2.31. The molecular weight excluding hydrogens is 508 g/mol. The van der Waals surface area contributed by atoms with E-state index in [2.05, 4.69) is 40.2 Å². The van der Waals surface area contributed by atoms with E-state index in [9.17, 15) is 4.79 Å².